The maximum absolute atomic E-state index is 12.2. The van der Waals surface area contributed by atoms with Gasteiger partial charge in [0.25, 0.3) is 10.0 Å². The topological polar surface area (TPSA) is 101 Å². The summed E-state index contributed by atoms with van der Waals surface area (Å²) >= 11 is 0. The summed E-state index contributed by atoms with van der Waals surface area (Å²) in [4.78, 5) is 14.8. The SMILES string of the molecule is CCCn1cc(S(=O)(=O)NCC(CC)CC(=O)O)nc1C. The van der Waals surface area contributed by atoms with Gasteiger partial charge in [-0.25, -0.2) is 18.1 Å². The van der Waals surface area contributed by atoms with Crippen molar-refractivity contribution in [3.8, 4) is 0 Å². The minimum Gasteiger partial charge on any atom is -0.481 e. The molecule has 0 aliphatic rings. The third kappa shape index (κ3) is 5.13. The van der Waals surface area contributed by atoms with Gasteiger partial charge in [-0.05, 0) is 19.3 Å². The standard InChI is InChI=1S/C13H23N3O4S/c1-4-6-16-9-12(15-10(16)3)21(19,20)14-8-11(5-2)7-13(17)18/h9,11,14H,4-8H2,1-3H3,(H,17,18). The van der Waals surface area contributed by atoms with Crippen LogP contribution in [0.5, 0.6) is 0 Å². The number of hydrogen-bond acceptors (Lipinski definition) is 4. The van der Waals surface area contributed by atoms with Crippen LogP contribution in [0.1, 0.15) is 38.9 Å². The quantitative estimate of drug-likeness (QED) is 0.716. The molecule has 2 N–H and O–H groups in total. The highest BCUT2D eigenvalue weighted by Crippen LogP contribution is 2.12. The fourth-order valence-electron chi connectivity index (χ4n) is 1.99. The summed E-state index contributed by atoms with van der Waals surface area (Å²) in [5, 5.41) is 8.75. The van der Waals surface area contributed by atoms with E-state index in [1.165, 1.54) is 6.20 Å². The van der Waals surface area contributed by atoms with Crippen LogP contribution in [0.25, 0.3) is 0 Å². The molecular weight excluding hydrogens is 294 g/mol. The summed E-state index contributed by atoms with van der Waals surface area (Å²) in [6.07, 6.45) is 2.94. The summed E-state index contributed by atoms with van der Waals surface area (Å²) in [6, 6.07) is 0. The van der Waals surface area contributed by atoms with Crippen LogP contribution in [0, 0.1) is 12.8 Å². The number of imidazole rings is 1. The van der Waals surface area contributed by atoms with Gasteiger partial charge in [0.05, 0.1) is 0 Å². The van der Waals surface area contributed by atoms with Crippen molar-refractivity contribution in [2.75, 3.05) is 6.54 Å². The van der Waals surface area contributed by atoms with Crippen molar-refractivity contribution < 1.29 is 18.3 Å². The molecule has 120 valence electrons. The fourth-order valence-corrected chi connectivity index (χ4v) is 3.11. The number of carboxylic acid groups (broad SMARTS) is 1. The smallest absolute Gasteiger partial charge is 0.303 e. The molecule has 1 aromatic rings. The zero-order chi connectivity index (χ0) is 16.0. The van der Waals surface area contributed by atoms with Crippen LogP contribution >= 0.6 is 0 Å². The maximum atomic E-state index is 12.2. The van der Waals surface area contributed by atoms with E-state index in [-0.39, 0.29) is 23.9 Å². The Morgan fingerprint density at radius 1 is 1.48 bits per heavy atom. The van der Waals surface area contributed by atoms with Crippen LogP contribution in [-0.2, 0) is 21.4 Å². The van der Waals surface area contributed by atoms with Crippen molar-refractivity contribution in [1.29, 1.82) is 0 Å². The van der Waals surface area contributed by atoms with Gasteiger partial charge in [0.1, 0.15) is 5.82 Å². The maximum Gasteiger partial charge on any atom is 0.303 e. The first-order valence-electron chi connectivity index (χ1n) is 7.05. The lowest BCUT2D eigenvalue weighted by atomic mass is 10.0. The van der Waals surface area contributed by atoms with E-state index >= 15 is 0 Å². The van der Waals surface area contributed by atoms with Crippen LogP contribution in [0.3, 0.4) is 0 Å². The Bertz CT molecular complexity index is 580. The van der Waals surface area contributed by atoms with Gasteiger partial charge in [-0.3, -0.25) is 4.79 Å². The average molecular weight is 317 g/mol. The minimum atomic E-state index is -3.70. The number of sulfonamides is 1. The molecule has 0 aromatic carbocycles. The lowest BCUT2D eigenvalue weighted by Gasteiger charge is -2.12. The first-order valence-corrected chi connectivity index (χ1v) is 8.53. The van der Waals surface area contributed by atoms with Gasteiger partial charge in [0, 0.05) is 25.7 Å². The van der Waals surface area contributed by atoms with Crippen LogP contribution in [0.4, 0.5) is 0 Å². The molecule has 0 amide bonds. The number of carboxylic acids is 1. The van der Waals surface area contributed by atoms with Gasteiger partial charge in [-0.2, -0.15) is 0 Å². The number of rotatable bonds is 9. The van der Waals surface area contributed by atoms with Crippen LogP contribution in [0.15, 0.2) is 11.2 Å². The molecule has 0 bridgehead atoms. The number of carbonyl (C=O) groups is 1. The van der Waals surface area contributed by atoms with E-state index in [2.05, 4.69) is 9.71 Å². The zero-order valence-electron chi connectivity index (χ0n) is 12.7. The predicted octanol–water partition coefficient (Wildman–Crippen LogP) is 1.38. The second-order valence-corrected chi connectivity index (χ2v) is 6.76. The molecule has 8 heteroatoms. The monoisotopic (exact) mass is 317 g/mol. The minimum absolute atomic E-state index is 0.0152. The molecule has 1 unspecified atom stereocenters. The van der Waals surface area contributed by atoms with E-state index in [1.54, 1.807) is 11.5 Å². The van der Waals surface area contributed by atoms with E-state index in [9.17, 15) is 13.2 Å². The molecule has 0 radical (unpaired) electrons. The Labute approximate surface area is 125 Å². The Kier molecular flexibility index (Phi) is 6.35. The summed E-state index contributed by atoms with van der Waals surface area (Å²) in [5.41, 5.74) is 0. The average Bonchev–Trinajstić information content (AvgIpc) is 2.77. The Morgan fingerprint density at radius 3 is 2.67 bits per heavy atom. The normalized spacial score (nSPS) is 13.3. The molecule has 1 rings (SSSR count). The number of nitrogens with one attached hydrogen (secondary N) is 1. The molecule has 0 saturated heterocycles. The first-order chi connectivity index (χ1) is 9.80. The number of aliphatic carboxylic acids is 1. The lowest BCUT2D eigenvalue weighted by Crippen LogP contribution is -2.30. The zero-order valence-corrected chi connectivity index (χ0v) is 13.5. The second-order valence-electron chi connectivity index (χ2n) is 5.04. The van der Waals surface area contributed by atoms with E-state index in [1.807, 2.05) is 13.8 Å². The van der Waals surface area contributed by atoms with Gasteiger partial charge in [-0.1, -0.05) is 20.3 Å². The third-order valence-corrected chi connectivity index (χ3v) is 4.59. The predicted molar refractivity (Wildman–Crippen MR) is 78.5 cm³/mol. The molecule has 0 fully saturated rings. The highest BCUT2D eigenvalue weighted by molar-refractivity contribution is 7.89. The molecule has 0 spiro atoms. The van der Waals surface area contributed by atoms with Gasteiger partial charge < -0.3 is 9.67 Å². The van der Waals surface area contributed by atoms with Crippen molar-refractivity contribution in [2.45, 2.75) is 51.6 Å². The molecule has 7 nitrogen and oxygen atoms in total. The molecular formula is C13H23N3O4S. The molecule has 0 aliphatic heterocycles. The highest BCUT2D eigenvalue weighted by atomic mass is 32.2. The van der Waals surface area contributed by atoms with Crippen molar-refractivity contribution in [1.82, 2.24) is 14.3 Å². The number of aromatic nitrogens is 2. The summed E-state index contributed by atoms with van der Waals surface area (Å²) in [7, 11) is -3.70. The Hall–Kier alpha value is -1.41. The lowest BCUT2D eigenvalue weighted by molar-refractivity contribution is -0.138. The third-order valence-electron chi connectivity index (χ3n) is 3.30. The highest BCUT2D eigenvalue weighted by Gasteiger charge is 2.21. The Balaban J connectivity index is 2.77. The summed E-state index contributed by atoms with van der Waals surface area (Å²) in [5.74, 6) is -0.505. The molecule has 21 heavy (non-hydrogen) atoms. The molecule has 1 aromatic heterocycles. The van der Waals surface area contributed by atoms with Gasteiger partial charge >= 0.3 is 5.97 Å². The molecule has 0 aliphatic carbocycles. The molecule has 0 saturated carbocycles. The molecule has 1 atom stereocenters. The second kappa shape index (κ2) is 7.56. The Morgan fingerprint density at radius 2 is 2.14 bits per heavy atom. The van der Waals surface area contributed by atoms with Crippen molar-refractivity contribution >= 4 is 16.0 Å². The number of hydrogen-bond donors (Lipinski definition) is 2. The number of aryl methyl sites for hydroxylation is 2. The van der Waals surface area contributed by atoms with E-state index < -0.39 is 16.0 Å². The summed E-state index contributed by atoms with van der Waals surface area (Å²) < 4.78 is 28.6. The van der Waals surface area contributed by atoms with E-state index in [0.717, 1.165) is 6.42 Å². The van der Waals surface area contributed by atoms with E-state index in [4.69, 9.17) is 5.11 Å². The largest absolute Gasteiger partial charge is 0.481 e. The van der Waals surface area contributed by atoms with Crippen LogP contribution in [-0.4, -0.2) is 35.6 Å². The van der Waals surface area contributed by atoms with Crippen LogP contribution in [0.2, 0.25) is 0 Å². The summed E-state index contributed by atoms with van der Waals surface area (Å²) in [6.45, 7) is 6.41. The van der Waals surface area contributed by atoms with Crippen molar-refractivity contribution in [2.24, 2.45) is 5.92 Å². The van der Waals surface area contributed by atoms with Gasteiger partial charge in [0.2, 0.25) is 0 Å². The van der Waals surface area contributed by atoms with Crippen molar-refractivity contribution in [3.05, 3.63) is 12.0 Å². The van der Waals surface area contributed by atoms with Gasteiger partial charge in [0.15, 0.2) is 5.03 Å². The van der Waals surface area contributed by atoms with Crippen molar-refractivity contribution in [3.63, 3.8) is 0 Å². The number of nitrogens with zero attached hydrogens (tertiary/aromatic N) is 2. The van der Waals surface area contributed by atoms with E-state index in [0.29, 0.717) is 18.8 Å². The first kappa shape index (κ1) is 17.6. The van der Waals surface area contributed by atoms with Gasteiger partial charge in [-0.15, -0.1) is 0 Å². The van der Waals surface area contributed by atoms with Crippen LogP contribution < -0.4 is 4.72 Å². The molecule has 1 heterocycles. The fraction of sp³-hybridized carbons (Fsp3) is 0.692.